The summed E-state index contributed by atoms with van der Waals surface area (Å²) in [5.74, 6) is -0.351. The van der Waals surface area contributed by atoms with Gasteiger partial charge in [0.2, 0.25) is 0 Å². The molecule has 2 aromatic rings. The molecule has 0 unspecified atom stereocenters. The van der Waals surface area contributed by atoms with Crippen LogP contribution in [0.2, 0.25) is 15.3 Å². The maximum absolute atomic E-state index is 11.9. The van der Waals surface area contributed by atoms with Gasteiger partial charge in [-0.3, -0.25) is 4.79 Å². The minimum absolute atomic E-state index is 0.144. The summed E-state index contributed by atoms with van der Waals surface area (Å²) in [6.07, 6.45) is 1.52. The fourth-order valence-corrected chi connectivity index (χ4v) is 2.17. The van der Waals surface area contributed by atoms with E-state index in [1.807, 2.05) is 0 Å². The SMILES string of the molecule is Cc1cc(Cl)nc(Cl)c1NC(=O)c1cc(Cl)c[nH]1. The largest absolute Gasteiger partial charge is 0.356 e. The second kappa shape index (κ2) is 5.18. The average Bonchev–Trinajstić information content (AvgIpc) is 2.70. The Bertz CT molecular complexity index is 586. The lowest BCUT2D eigenvalue weighted by atomic mass is 10.2. The molecule has 0 aromatic carbocycles. The zero-order valence-corrected chi connectivity index (χ0v) is 11.5. The van der Waals surface area contributed by atoms with Crippen molar-refractivity contribution in [2.75, 3.05) is 5.32 Å². The fraction of sp³-hybridized carbons (Fsp3) is 0.0909. The van der Waals surface area contributed by atoms with Crippen LogP contribution in [0.1, 0.15) is 16.1 Å². The molecule has 0 radical (unpaired) electrons. The van der Waals surface area contributed by atoms with Crippen molar-refractivity contribution in [2.24, 2.45) is 0 Å². The Morgan fingerprint density at radius 3 is 2.61 bits per heavy atom. The van der Waals surface area contributed by atoms with Crippen LogP contribution in [0, 0.1) is 6.92 Å². The van der Waals surface area contributed by atoms with Gasteiger partial charge in [-0.2, -0.15) is 0 Å². The number of amides is 1. The summed E-state index contributed by atoms with van der Waals surface area (Å²) in [5.41, 5.74) is 1.49. The summed E-state index contributed by atoms with van der Waals surface area (Å²) in [6, 6.07) is 3.13. The third-order valence-electron chi connectivity index (χ3n) is 2.27. The molecule has 2 aromatic heterocycles. The topological polar surface area (TPSA) is 57.8 Å². The van der Waals surface area contributed by atoms with Gasteiger partial charge < -0.3 is 10.3 Å². The maximum Gasteiger partial charge on any atom is 0.272 e. The van der Waals surface area contributed by atoms with Gasteiger partial charge in [-0.05, 0) is 24.6 Å². The van der Waals surface area contributed by atoms with Crippen LogP contribution >= 0.6 is 34.8 Å². The zero-order valence-electron chi connectivity index (χ0n) is 9.22. The van der Waals surface area contributed by atoms with Gasteiger partial charge in [-0.15, -0.1) is 0 Å². The standard InChI is InChI=1S/C11H8Cl3N3O/c1-5-2-8(13)16-10(14)9(5)17-11(18)7-3-6(12)4-15-7/h2-4,15H,1H3,(H,17,18). The summed E-state index contributed by atoms with van der Waals surface area (Å²) in [4.78, 5) is 18.5. The molecule has 0 fully saturated rings. The van der Waals surface area contributed by atoms with Crippen molar-refractivity contribution in [3.05, 3.63) is 44.9 Å². The van der Waals surface area contributed by atoms with E-state index in [4.69, 9.17) is 34.8 Å². The Labute approximate surface area is 118 Å². The molecule has 0 saturated carbocycles. The molecular formula is C11H8Cl3N3O. The summed E-state index contributed by atoms with van der Waals surface area (Å²) in [7, 11) is 0. The molecule has 0 atom stereocenters. The molecule has 4 nitrogen and oxygen atoms in total. The van der Waals surface area contributed by atoms with Crippen LogP contribution in [0.25, 0.3) is 0 Å². The van der Waals surface area contributed by atoms with Crippen LogP contribution in [0.4, 0.5) is 5.69 Å². The predicted octanol–water partition coefficient (Wildman–Crippen LogP) is 3.93. The molecule has 7 heteroatoms. The first-order valence-corrected chi connectivity index (χ1v) is 6.08. The number of H-pyrrole nitrogens is 1. The molecule has 0 aliphatic heterocycles. The Morgan fingerprint density at radius 1 is 1.33 bits per heavy atom. The van der Waals surface area contributed by atoms with Gasteiger partial charge in [-0.1, -0.05) is 34.8 Å². The minimum Gasteiger partial charge on any atom is -0.356 e. The lowest BCUT2D eigenvalue weighted by Gasteiger charge is -2.09. The second-order valence-corrected chi connectivity index (χ2v) is 4.80. The van der Waals surface area contributed by atoms with Gasteiger partial charge in [0.15, 0.2) is 5.15 Å². The number of nitrogens with zero attached hydrogens (tertiary/aromatic N) is 1. The van der Waals surface area contributed by atoms with Crippen LogP contribution in [0.3, 0.4) is 0 Å². The van der Waals surface area contributed by atoms with E-state index in [0.29, 0.717) is 16.4 Å². The van der Waals surface area contributed by atoms with Crippen LogP contribution < -0.4 is 5.32 Å². The normalized spacial score (nSPS) is 10.4. The molecule has 94 valence electrons. The van der Waals surface area contributed by atoms with Crippen LogP contribution in [-0.4, -0.2) is 15.9 Å². The van der Waals surface area contributed by atoms with Crippen LogP contribution in [-0.2, 0) is 0 Å². The molecule has 0 aliphatic rings. The fourth-order valence-electron chi connectivity index (χ4n) is 1.43. The Kier molecular flexibility index (Phi) is 3.80. The van der Waals surface area contributed by atoms with E-state index in [1.165, 1.54) is 12.3 Å². The van der Waals surface area contributed by atoms with E-state index in [-0.39, 0.29) is 16.2 Å². The van der Waals surface area contributed by atoms with Gasteiger partial charge in [0, 0.05) is 6.20 Å². The number of anilines is 1. The van der Waals surface area contributed by atoms with Crippen molar-refractivity contribution in [1.29, 1.82) is 0 Å². The molecule has 0 bridgehead atoms. The minimum atomic E-state index is -0.351. The molecule has 2 rings (SSSR count). The number of aromatic nitrogens is 2. The number of aromatic amines is 1. The van der Waals surface area contributed by atoms with Gasteiger partial charge in [-0.25, -0.2) is 4.98 Å². The van der Waals surface area contributed by atoms with Crippen LogP contribution in [0.15, 0.2) is 18.3 Å². The monoisotopic (exact) mass is 303 g/mol. The number of aryl methyl sites for hydroxylation is 1. The van der Waals surface area contributed by atoms with Crippen molar-refractivity contribution in [3.63, 3.8) is 0 Å². The molecule has 18 heavy (non-hydrogen) atoms. The Morgan fingerprint density at radius 2 is 2.06 bits per heavy atom. The molecule has 2 N–H and O–H groups in total. The molecule has 0 saturated heterocycles. The molecular weight excluding hydrogens is 296 g/mol. The number of carbonyl (C=O) groups excluding carboxylic acids is 1. The predicted molar refractivity (Wildman–Crippen MR) is 72.7 cm³/mol. The van der Waals surface area contributed by atoms with E-state index in [1.54, 1.807) is 13.0 Å². The quantitative estimate of drug-likeness (QED) is 0.826. The summed E-state index contributed by atoms with van der Waals surface area (Å²) >= 11 is 17.4. The molecule has 1 amide bonds. The van der Waals surface area contributed by atoms with Crippen LogP contribution in [0.5, 0.6) is 0 Å². The highest BCUT2D eigenvalue weighted by Gasteiger charge is 2.13. The van der Waals surface area contributed by atoms with E-state index >= 15 is 0 Å². The number of nitrogens with one attached hydrogen (secondary N) is 2. The van der Waals surface area contributed by atoms with E-state index in [0.717, 1.165) is 5.56 Å². The van der Waals surface area contributed by atoms with Gasteiger partial charge in [0.05, 0.1) is 10.7 Å². The van der Waals surface area contributed by atoms with Gasteiger partial charge >= 0.3 is 0 Å². The van der Waals surface area contributed by atoms with Crippen molar-refractivity contribution in [1.82, 2.24) is 9.97 Å². The number of hydrogen-bond donors (Lipinski definition) is 2. The highest BCUT2D eigenvalue weighted by molar-refractivity contribution is 6.35. The molecule has 0 aliphatic carbocycles. The van der Waals surface area contributed by atoms with E-state index in [2.05, 4.69) is 15.3 Å². The zero-order chi connectivity index (χ0) is 13.3. The highest BCUT2D eigenvalue weighted by atomic mass is 35.5. The van der Waals surface area contributed by atoms with Crippen molar-refractivity contribution >= 4 is 46.4 Å². The lowest BCUT2D eigenvalue weighted by molar-refractivity contribution is 0.102. The maximum atomic E-state index is 11.9. The van der Waals surface area contributed by atoms with E-state index < -0.39 is 0 Å². The van der Waals surface area contributed by atoms with E-state index in [9.17, 15) is 4.79 Å². The first-order valence-electron chi connectivity index (χ1n) is 4.95. The smallest absolute Gasteiger partial charge is 0.272 e. The summed E-state index contributed by atoms with van der Waals surface area (Å²) < 4.78 is 0. The Hall–Kier alpha value is -1.23. The molecule has 2 heterocycles. The third kappa shape index (κ3) is 2.77. The number of pyridine rings is 1. The third-order valence-corrected chi connectivity index (χ3v) is 2.96. The number of rotatable bonds is 2. The number of hydrogen-bond acceptors (Lipinski definition) is 2. The summed E-state index contributed by atoms with van der Waals surface area (Å²) in [6.45, 7) is 1.77. The van der Waals surface area contributed by atoms with Gasteiger partial charge in [0.1, 0.15) is 10.8 Å². The van der Waals surface area contributed by atoms with Crippen molar-refractivity contribution in [3.8, 4) is 0 Å². The first-order chi connectivity index (χ1) is 8.47. The first kappa shape index (κ1) is 13.2. The number of carbonyl (C=O) groups is 1. The molecule has 0 spiro atoms. The Balaban J connectivity index is 2.27. The van der Waals surface area contributed by atoms with Gasteiger partial charge in [0.25, 0.3) is 5.91 Å². The highest BCUT2D eigenvalue weighted by Crippen LogP contribution is 2.26. The second-order valence-electron chi connectivity index (χ2n) is 3.61. The average molecular weight is 305 g/mol. The van der Waals surface area contributed by atoms with Crippen molar-refractivity contribution in [2.45, 2.75) is 6.92 Å². The lowest BCUT2D eigenvalue weighted by Crippen LogP contribution is -2.13. The summed E-state index contributed by atoms with van der Waals surface area (Å²) in [5, 5.41) is 3.53. The van der Waals surface area contributed by atoms with Crippen molar-refractivity contribution < 1.29 is 4.79 Å². The number of halogens is 3.